The highest BCUT2D eigenvalue weighted by molar-refractivity contribution is 5.29. The summed E-state index contributed by atoms with van der Waals surface area (Å²) in [5.41, 5.74) is 8.90. The van der Waals surface area contributed by atoms with Crippen LogP contribution in [0.25, 0.3) is 0 Å². The molecule has 0 amide bonds. The fourth-order valence-corrected chi connectivity index (χ4v) is 2.26. The van der Waals surface area contributed by atoms with E-state index in [1.807, 2.05) is 18.5 Å². The van der Waals surface area contributed by atoms with Crippen molar-refractivity contribution in [3.63, 3.8) is 0 Å². The molecule has 2 aromatic rings. The van der Waals surface area contributed by atoms with Gasteiger partial charge < -0.3 is 5.73 Å². The molecule has 0 spiro atoms. The molecule has 4 nitrogen and oxygen atoms in total. The molecule has 0 saturated heterocycles. The summed E-state index contributed by atoms with van der Waals surface area (Å²) in [7, 11) is 0. The predicted molar refractivity (Wildman–Crippen MR) is 81.6 cm³/mol. The molecule has 2 rings (SSSR count). The Balaban J connectivity index is 2.13. The van der Waals surface area contributed by atoms with Gasteiger partial charge >= 0.3 is 0 Å². The topological polar surface area (TPSA) is 56.7 Å². The highest BCUT2D eigenvalue weighted by Gasteiger charge is 2.15. The number of rotatable bonds is 3. The first-order valence-corrected chi connectivity index (χ1v) is 7.01. The minimum Gasteiger partial charge on any atom is -0.322 e. The highest BCUT2D eigenvalue weighted by Crippen LogP contribution is 2.23. The molecule has 1 unspecified atom stereocenters. The molecule has 1 aromatic heterocycles. The largest absolute Gasteiger partial charge is 0.322 e. The van der Waals surface area contributed by atoms with Crippen LogP contribution in [-0.4, -0.2) is 14.8 Å². The van der Waals surface area contributed by atoms with E-state index in [2.05, 4.69) is 55.1 Å². The number of nitrogens with two attached hydrogens (primary N) is 1. The highest BCUT2D eigenvalue weighted by atomic mass is 15.3. The van der Waals surface area contributed by atoms with Crippen molar-refractivity contribution < 1.29 is 0 Å². The van der Waals surface area contributed by atoms with Gasteiger partial charge in [-0.1, -0.05) is 45.0 Å². The molecule has 0 radical (unpaired) electrons. The first-order valence-electron chi connectivity index (χ1n) is 7.01. The maximum absolute atomic E-state index is 6.28. The Bertz CT molecular complexity index is 576. The van der Waals surface area contributed by atoms with Gasteiger partial charge in [0, 0.05) is 6.04 Å². The molecule has 20 heavy (non-hydrogen) atoms. The summed E-state index contributed by atoms with van der Waals surface area (Å²) in [6.45, 7) is 11.1. The van der Waals surface area contributed by atoms with Gasteiger partial charge in [0.05, 0.1) is 6.54 Å². The second kappa shape index (κ2) is 5.37. The van der Waals surface area contributed by atoms with Gasteiger partial charge in [0.2, 0.25) is 0 Å². The summed E-state index contributed by atoms with van der Waals surface area (Å²) < 4.78 is 1.87. The predicted octanol–water partition coefficient (Wildman–Crippen LogP) is 2.89. The zero-order valence-electron chi connectivity index (χ0n) is 13.0. The summed E-state index contributed by atoms with van der Waals surface area (Å²) in [6.07, 6.45) is 0. The van der Waals surface area contributed by atoms with E-state index in [-0.39, 0.29) is 11.5 Å². The Morgan fingerprint density at radius 1 is 1.15 bits per heavy atom. The Kier molecular flexibility index (Phi) is 3.95. The molecule has 1 heterocycles. The van der Waals surface area contributed by atoms with Crippen molar-refractivity contribution in [2.45, 2.75) is 52.6 Å². The third-order valence-electron chi connectivity index (χ3n) is 3.54. The van der Waals surface area contributed by atoms with Crippen molar-refractivity contribution in [1.82, 2.24) is 14.8 Å². The van der Waals surface area contributed by atoms with E-state index < -0.39 is 0 Å². The van der Waals surface area contributed by atoms with Gasteiger partial charge in [0.15, 0.2) is 0 Å². The molecule has 4 heteroatoms. The van der Waals surface area contributed by atoms with Gasteiger partial charge in [-0.25, -0.2) is 9.67 Å². The van der Waals surface area contributed by atoms with Crippen molar-refractivity contribution >= 4 is 0 Å². The van der Waals surface area contributed by atoms with Crippen LogP contribution in [0.1, 0.15) is 49.6 Å². The van der Waals surface area contributed by atoms with Gasteiger partial charge in [-0.3, -0.25) is 0 Å². The van der Waals surface area contributed by atoms with E-state index in [9.17, 15) is 0 Å². The molecule has 0 saturated carbocycles. The zero-order chi connectivity index (χ0) is 14.9. The first kappa shape index (κ1) is 14.7. The smallest absolute Gasteiger partial charge is 0.147 e. The van der Waals surface area contributed by atoms with Crippen LogP contribution in [-0.2, 0) is 12.0 Å². The SMILES string of the molecule is Cc1nc(C)n(CC(N)c2ccc(C(C)(C)C)cc2)n1. The van der Waals surface area contributed by atoms with Crippen LogP contribution in [0, 0.1) is 13.8 Å². The van der Waals surface area contributed by atoms with Crippen LogP contribution in [0.5, 0.6) is 0 Å². The summed E-state index contributed by atoms with van der Waals surface area (Å²) >= 11 is 0. The van der Waals surface area contributed by atoms with Gasteiger partial charge in [-0.2, -0.15) is 5.10 Å². The molecule has 2 N–H and O–H groups in total. The van der Waals surface area contributed by atoms with Crippen molar-refractivity contribution in [3.8, 4) is 0 Å². The number of hydrogen-bond acceptors (Lipinski definition) is 3. The number of aromatic nitrogens is 3. The maximum atomic E-state index is 6.28. The Morgan fingerprint density at radius 3 is 2.20 bits per heavy atom. The first-order chi connectivity index (χ1) is 9.27. The summed E-state index contributed by atoms with van der Waals surface area (Å²) in [5, 5.41) is 4.36. The number of hydrogen-bond donors (Lipinski definition) is 1. The van der Waals surface area contributed by atoms with Gasteiger partial charge in [-0.05, 0) is 30.4 Å². The molecule has 0 aliphatic heterocycles. The monoisotopic (exact) mass is 272 g/mol. The second-order valence-corrected chi connectivity index (χ2v) is 6.37. The lowest BCUT2D eigenvalue weighted by molar-refractivity contribution is 0.512. The van der Waals surface area contributed by atoms with Crippen LogP contribution in [0.15, 0.2) is 24.3 Å². The number of benzene rings is 1. The standard InChI is InChI=1S/C16H24N4/c1-11-18-12(2)20(19-11)10-15(17)13-6-8-14(9-7-13)16(3,4)5/h6-9,15H,10,17H2,1-5H3. The van der Waals surface area contributed by atoms with Crippen LogP contribution >= 0.6 is 0 Å². The minimum atomic E-state index is -0.0659. The summed E-state index contributed by atoms with van der Waals surface area (Å²) in [5.74, 6) is 1.70. The third-order valence-corrected chi connectivity index (χ3v) is 3.54. The average Bonchev–Trinajstić information content (AvgIpc) is 2.67. The van der Waals surface area contributed by atoms with Crippen molar-refractivity contribution in [2.75, 3.05) is 0 Å². The van der Waals surface area contributed by atoms with E-state index in [1.165, 1.54) is 5.56 Å². The quantitative estimate of drug-likeness (QED) is 0.934. The van der Waals surface area contributed by atoms with E-state index in [1.54, 1.807) is 0 Å². The lowest BCUT2D eigenvalue weighted by Gasteiger charge is -2.20. The Labute approximate surface area is 121 Å². The van der Waals surface area contributed by atoms with Crippen molar-refractivity contribution in [3.05, 3.63) is 47.0 Å². The Morgan fingerprint density at radius 2 is 1.75 bits per heavy atom. The number of aryl methyl sites for hydroxylation is 2. The molecule has 0 aliphatic rings. The van der Waals surface area contributed by atoms with Crippen LogP contribution in [0.2, 0.25) is 0 Å². The molecule has 0 aliphatic carbocycles. The normalized spacial score (nSPS) is 13.5. The molecule has 0 bridgehead atoms. The van der Waals surface area contributed by atoms with E-state index in [0.29, 0.717) is 6.54 Å². The van der Waals surface area contributed by atoms with Crippen molar-refractivity contribution in [2.24, 2.45) is 5.73 Å². The molecular weight excluding hydrogens is 248 g/mol. The molecule has 1 aromatic carbocycles. The Hall–Kier alpha value is -1.68. The minimum absolute atomic E-state index is 0.0659. The second-order valence-electron chi connectivity index (χ2n) is 6.37. The lowest BCUT2D eigenvalue weighted by atomic mass is 9.86. The average molecular weight is 272 g/mol. The van der Waals surface area contributed by atoms with Crippen LogP contribution in [0.4, 0.5) is 0 Å². The maximum Gasteiger partial charge on any atom is 0.147 e. The third kappa shape index (κ3) is 3.25. The van der Waals surface area contributed by atoms with E-state index in [0.717, 1.165) is 17.2 Å². The lowest BCUT2D eigenvalue weighted by Crippen LogP contribution is -2.20. The fraction of sp³-hybridized carbons (Fsp3) is 0.500. The van der Waals surface area contributed by atoms with Crippen molar-refractivity contribution in [1.29, 1.82) is 0 Å². The molecule has 108 valence electrons. The van der Waals surface area contributed by atoms with Gasteiger partial charge in [-0.15, -0.1) is 0 Å². The fourth-order valence-electron chi connectivity index (χ4n) is 2.26. The molecule has 1 atom stereocenters. The van der Waals surface area contributed by atoms with E-state index >= 15 is 0 Å². The summed E-state index contributed by atoms with van der Waals surface area (Å²) in [4.78, 5) is 4.30. The molecular formula is C16H24N4. The van der Waals surface area contributed by atoms with Gasteiger partial charge in [0.1, 0.15) is 11.6 Å². The summed E-state index contributed by atoms with van der Waals surface area (Å²) in [6, 6.07) is 8.49. The van der Waals surface area contributed by atoms with Crippen LogP contribution in [0.3, 0.4) is 0 Å². The van der Waals surface area contributed by atoms with Gasteiger partial charge in [0.25, 0.3) is 0 Å². The molecule has 0 fully saturated rings. The van der Waals surface area contributed by atoms with Crippen LogP contribution < -0.4 is 5.73 Å². The number of nitrogens with zero attached hydrogens (tertiary/aromatic N) is 3. The van der Waals surface area contributed by atoms with E-state index in [4.69, 9.17) is 5.73 Å². The zero-order valence-corrected chi connectivity index (χ0v) is 13.0.